The van der Waals surface area contributed by atoms with Crippen LogP contribution in [0.3, 0.4) is 0 Å². The van der Waals surface area contributed by atoms with Gasteiger partial charge in [0, 0.05) is 11.9 Å². The summed E-state index contributed by atoms with van der Waals surface area (Å²) in [6.07, 6.45) is 12.7. The molecule has 5 nitrogen and oxygen atoms in total. The van der Waals surface area contributed by atoms with Gasteiger partial charge in [0.05, 0.1) is 11.7 Å². The molecule has 0 spiro atoms. The maximum absolute atomic E-state index is 4.42. The number of allylic oxidation sites excluding steroid dienone is 2. The van der Waals surface area contributed by atoms with Gasteiger partial charge in [0.1, 0.15) is 6.33 Å². The number of rotatable bonds is 3. The Morgan fingerprint density at radius 3 is 3.05 bits per heavy atom. The fourth-order valence-corrected chi connectivity index (χ4v) is 1.98. The van der Waals surface area contributed by atoms with E-state index >= 15 is 0 Å². The van der Waals surface area contributed by atoms with Crippen molar-refractivity contribution in [1.82, 2.24) is 19.7 Å². The molecule has 0 saturated carbocycles. The minimum Gasteiger partial charge on any atom is -0.346 e. The van der Waals surface area contributed by atoms with E-state index in [1.165, 1.54) is 0 Å². The molecule has 1 unspecified atom stereocenters. The van der Waals surface area contributed by atoms with Gasteiger partial charge in [-0.2, -0.15) is 0 Å². The van der Waals surface area contributed by atoms with Gasteiger partial charge in [-0.05, 0) is 25.5 Å². The topological polar surface area (TPSA) is 55.6 Å². The normalized spacial score (nSPS) is 17.6. The van der Waals surface area contributed by atoms with Crippen LogP contribution in [0.1, 0.15) is 12.1 Å². The van der Waals surface area contributed by atoms with Crippen LogP contribution in [-0.2, 0) is 0 Å². The number of hydrogen-bond donors (Lipinski definition) is 1. The summed E-state index contributed by atoms with van der Waals surface area (Å²) in [4.78, 5) is 8.45. The van der Waals surface area contributed by atoms with E-state index in [4.69, 9.17) is 0 Å². The quantitative estimate of drug-likeness (QED) is 0.911. The zero-order valence-corrected chi connectivity index (χ0v) is 10.7. The molecule has 1 atom stereocenters. The van der Waals surface area contributed by atoms with Gasteiger partial charge < -0.3 is 5.32 Å². The van der Waals surface area contributed by atoms with Crippen molar-refractivity contribution in [3.8, 4) is 5.69 Å². The van der Waals surface area contributed by atoms with E-state index < -0.39 is 0 Å². The van der Waals surface area contributed by atoms with Crippen molar-refractivity contribution in [3.05, 3.63) is 54.7 Å². The Bertz CT molecular complexity index is 626. The highest BCUT2D eigenvalue weighted by Gasteiger charge is 2.08. The van der Waals surface area contributed by atoms with Crippen LogP contribution in [0.15, 0.2) is 49.0 Å². The van der Waals surface area contributed by atoms with Crippen molar-refractivity contribution in [2.24, 2.45) is 0 Å². The van der Waals surface area contributed by atoms with Crippen molar-refractivity contribution in [2.45, 2.75) is 19.4 Å². The second-order valence-electron chi connectivity index (χ2n) is 4.47. The summed E-state index contributed by atoms with van der Waals surface area (Å²) < 4.78 is 1.75. The van der Waals surface area contributed by atoms with Crippen LogP contribution >= 0.6 is 0 Å². The first-order chi connectivity index (χ1) is 9.31. The zero-order chi connectivity index (χ0) is 13.1. The number of nitrogens with one attached hydrogen (secondary N) is 1. The molecule has 0 saturated heterocycles. The molecule has 2 aromatic rings. The monoisotopic (exact) mass is 253 g/mol. The van der Waals surface area contributed by atoms with Crippen LogP contribution in [0.2, 0.25) is 0 Å². The Kier molecular flexibility index (Phi) is 3.10. The van der Waals surface area contributed by atoms with Crippen molar-refractivity contribution in [1.29, 1.82) is 0 Å². The van der Waals surface area contributed by atoms with E-state index in [0.717, 1.165) is 17.8 Å². The summed E-state index contributed by atoms with van der Waals surface area (Å²) in [7, 11) is 0. The third-order valence-electron chi connectivity index (χ3n) is 2.93. The SMILES string of the molecule is Cc1cc(-n2cnc(NC3C=CC=CC3)n2)ccn1. The van der Waals surface area contributed by atoms with Crippen molar-refractivity contribution in [2.75, 3.05) is 5.32 Å². The lowest BCUT2D eigenvalue weighted by Gasteiger charge is -2.13. The van der Waals surface area contributed by atoms with E-state index in [1.807, 2.05) is 31.2 Å². The molecule has 0 radical (unpaired) electrons. The Morgan fingerprint density at radius 1 is 1.32 bits per heavy atom. The van der Waals surface area contributed by atoms with E-state index in [2.05, 4.69) is 32.5 Å². The van der Waals surface area contributed by atoms with Crippen molar-refractivity contribution in [3.63, 3.8) is 0 Å². The Hall–Kier alpha value is -2.43. The predicted octanol–water partition coefficient (Wildman–Crippen LogP) is 2.27. The maximum Gasteiger partial charge on any atom is 0.242 e. The largest absolute Gasteiger partial charge is 0.346 e. The molecular formula is C14H15N5. The lowest BCUT2D eigenvalue weighted by molar-refractivity contribution is 0.838. The van der Waals surface area contributed by atoms with Gasteiger partial charge in [-0.1, -0.05) is 24.3 Å². The smallest absolute Gasteiger partial charge is 0.242 e. The highest BCUT2D eigenvalue weighted by molar-refractivity contribution is 5.34. The summed E-state index contributed by atoms with van der Waals surface area (Å²) >= 11 is 0. The molecule has 1 aliphatic carbocycles. The molecule has 0 bridgehead atoms. The van der Waals surface area contributed by atoms with E-state index in [9.17, 15) is 0 Å². The lowest BCUT2D eigenvalue weighted by atomic mass is 10.1. The van der Waals surface area contributed by atoms with Gasteiger partial charge in [-0.3, -0.25) is 4.98 Å². The van der Waals surface area contributed by atoms with Gasteiger partial charge in [-0.15, -0.1) is 5.10 Å². The highest BCUT2D eigenvalue weighted by Crippen LogP contribution is 2.11. The molecule has 19 heavy (non-hydrogen) atoms. The third-order valence-corrected chi connectivity index (χ3v) is 2.93. The summed E-state index contributed by atoms with van der Waals surface area (Å²) in [6.45, 7) is 1.96. The number of anilines is 1. The molecule has 2 heterocycles. The van der Waals surface area contributed by atoms with Crippen LogP contribution in [0.25, 0.3) is 5.69 Å². The lowest BCUT2D eigenvalue weighted by Crippen LogP contribution is -2.18. The molecular weight excluding hydrogens is 238 g/mol. The zero-order valence-electron chi connectivity index (χ0n) is 10.7. The molecule has 96 valence electrons. The Morgan fingerprint density at radius 2 is 2.26 bits per heavy atom. The Labute approximate surface area is 111 Å². The first-order valence-corrected chi connectivity index (χ1v) is 6.26. The van der Waals surface area contributed by atoms with E-state index in [1.54, 1.807) is 17.2 Å². The third kappa shape index (κ3) is 2.70. The highest BCUT2D eigenvalue weighted by atomic mass is 15.4. The van der Waals surface area contributed by atoms with Crippen LogP contribution in [-0.4, -0.2) is 25.8 Å². The molecule has 2 aromatic heterocycles. The number of hydrogen-bond acceptors (Lipinski definition) is 4. The van der Waals surface area contributed by atoms with Crippen LogP contribution in [0.4, 0.5) is 5.95 Å². The Balaban J connectivity index is 1.76. The predicted molar refractivity (Wildman–Crippen MR) is 74.2 cm³/mol. The first-order valence-electron chi connectivity index (χ1n) is 6.26. The summed E-state index contributed by atoms with van der Waals surface area (Å²) in [5.41, 5.74) is 1.93. The number of pyridine rings is 1. The van der Waals surface area contributed by atoms with E-state index in [0.29, 0.717) is 5.95 Å². The van der Waals surface area contributed by atoms with E-state index in [-0.39, 0.29) is 6.04 Å². The fraction of sp³-hybridized carbons (Fsp3) is 0.214. The maximum atomic E-state index is 4.42. The second-order valence-corrected chi connectivity index (χ2v) is 4.47. The van der Waals surface area contributed by atoms with Gasteiger partial charge in [0.25, 0.3) is 0 Å². The minimum atomic E-state index is 0.264. The van der Waals surface area contributed by atoms with Crippen LogP contribution in [0.5, 0.6) is 0 Å². The van der Waals surface area contributed by atoms with Gasteiger partial charge in [0.15, 0.2) is 0 Å². The number of aryl methyl sites for hydroxylation is 1. The molecule has 0 aromatic carbocycles. The number of nitrogens with zero attached hydrogens (tertiary/aromatic N) is 4. The summed E-state index contributed by atoms with van der Waals surface area (Å²) in [5, 5.41) is 7.71. The molecule has 3 rings (SSSR count). The standard InChI is InChI=1S/C14H15N5/c1-11-9-13(7-8-15-11)19-10-16-14(18-19)17-12-5-3-2-4-6-12/h2-5,7-10,12H,6H2,1H3,(H,17,18). The first kappa shape index (κ1) is 11.6. The summed E-state index contributed by atoms with van der Waals surface area (Å²) in [6, 6.07) is 4.15. The van der Waals surface area contributed by atoms with Crippen molar-refractivity contribution >= 4 is 5.95 Å². The molecule has 0 fully saturated rings. The average Bonchev–Trinajstić information content (AvgIpc) is 2.88. The number of aromatic nitrogens is 4. The van der Waals surface area contributed by atoms with Crippen molar-refractivity contribution < 1.29 is 0 Å². The molecule has 5 heteroatoms. The van der Waals surface area contributed by atoms with Gasteiger partial charge in [-0.25, -0.2) is 9.67 Å². The van der Waals surface area contributed by atoms with Crippen LogP contribution in [0, 0.1) is 6.92 Å². The van der Waals surface area contributed by atoms with Gasteiger partial charge in [0.2, 0.25) is 5.95 Å². The average molecular weight is 253 g/mol. The molecule has 0 amide bonds. The molecule has 1 aliphatic rings. The molecule has 0 aliphatic heterocycles. The summed E-state index contributed by atoms with van der Waals surface area (Å²) in [5.74, 6) is 0.638. The fourth-order valence-electron chi connectivity index (χ4n) is 1.98. The second kappa shape index (κ2) is 5.06. The van der Waals surface area contributed by atoms with Crippen LogP contribution < -0.4 is 5.32 Å². The molecule has 1 N–H and O–H groups in total. The minimum absolute atomic E-state index is 0.264. The van der Waals surface area contributed by atoms with Gasteiger partial charge >= 0.3 is 0 Å².